The van der Waals surface area contributed by atoms with Gasteiger partial charge in [-0.05, 0) is 36.0 Å². The van der Waals surface area contributed by atoms with E-state index in [-0.39, 0.29) is 18.0 Å². The van der Waals surface area contributed by atoms with Crippen molar-refractivity contribution in [2.24, 2.45) is 11.3 Å². The molecule has 0 unspecified atom stereocenters. The van der Waals surface area contributed by atoms with Crippen LogP contribution in [0, 0.1) is 11.3 Å². The van der Waals surface area contributed by atoms with Crippen LogP contribution < -0.4 is 0 Å². The van der Waals surface area contributed by atoms with Gasteiger partial charge < -0.3 is 9.67 Å². The third kappa shape index (κ3) is 3.94. The summed E-state index contributed by atoms with van der Waals surface area (Å²) >= 11 is 0. The first-order valence-corrected chi connectivity index (χ1v) is 10.3. The van der Waals surface area contributed by atoms with E-state index in [2.05, 4.69) is 26.7 Å². The number of hydrogen-bond acceptors (Lipinski definition) is 5. The summed E-state index contributed by atoms with van der Waals surface area (Å²) in [6, 6.07) is 5.14. The Hall–Kier alpha value is -3.16. The molecule has 1 fully saturated rings. The minimum atomic E-state index is -1.33. The molecule has 31 heavy (non-hydrogen) atoms. The standard InChI is InChI=1S/C23H25F2N5O/c1-4-23(3)11-17(18(24)10-21(23)25)14(2)22-27-12-19(28-29-22)16-6-5-15(9-20(16)31)30-8-7-26-13-30/h5-9,12-13,17-18,21,31H,2,4,10-11H2,1,3H3/t17-,18+,21-,23-/m0/s1. The smallest absolute Gasteiger partial charge is 0.177 e. The molecule has 1 aliphatic carbocycles. The predicted octanol–water partition coefficient (Wildman–Crippen LogP) is 4.95. The number of rotatable bonds is 5. The fourth-order valence-corrected chi connectivity index (χ4v) is 4.13. The highest BCUT2D eigenvalue weighted by Gasteiger charge is 2.45. The van der Waals surface area contributed by atoms with E-state index in [1.165, 1.54) is 6.20 Å². The Kier molecular flexibility index (Phi) is 5.56. The highest BCUT2D eigenvalue weighted by atomic mass is 19.1. The van der Waals surface area contributed by atoms with Gasteiger partial charge in [-0.1, -0.05) is 20.4 Å². The van der Waals surface area contributed by atoms with E-state index in [0.29, 0.717) is 29.7 Å². The van der Waals surface area contributed by atoms with E-state index in [1.54, 1.807) is 35.4 Å². The third-order valence-electron chi connectivity index (χ3n) is 6.48. The third-order valence-corrected chi connectivity index (χ3v) is 6.48. The van der Waals surface area contributed by atoms with Gasteiger partial charge in [0.25, 0.3) is 0 Å². The lowest BCUT2D eigenvalue weighted by molar-refractivity contribution is 0.00730. The van der Waals surface area contributed by atoms with Crippen LogP contribution >= 0.6 is 0 Å². The molecule has 1 saturated carbocycles. The summed E-state index contributed by atoms with van der Waals surface area (Å²) in [5.74, 6) is -0.285. The first kappa shape index (κ1) is 21.1. The molecule has 162 valence electrons. The summed E-state index contributed by atoms with van der Waals surface area (Å²) in [6.45, 7) is 7.77. The molecule has 2 heterocycles. The molecule has 6 nitrogen and oxygen atoms in total. The second-order valence-electron chi connectivity index (χ2n) is 8.40. The zero-order valence-electron chi connectivity index (χ0n) is 17.5. The van der Waals surface area contributed by atoms with Crippen molar-refractivity contribution in [3.8, 4) is 22.7 Å². The number of phenolic OH excluding ortho intramolecular Hbond substituents is 1. The predicted molar refractivity (Wildman–Crippen MR) is 114 cm³/mol. The van der Waals surface area contributed by atoms with Crippen molar-refractivity contribution in [2.75, 3.05) is 0 Å². The topological polar surface area (TPSA) is 76.7 Å². The van der Waals surface area contributed by atoms with Gasteiger partial charge in [0.05, 0.1) is 18.2 Å². The first-order chi connectivity index (χ1) is 14.8. The van der Waals surface area contributed by atoms with Crippen molar-refractivity contribution in [2.45, 2.75) is 45.5 Å². The van der Waals surface area contributed by atoms with Gasteiger partial charge in [0.2, 0.25) is 0 Å². The molecule has 4 atom stereocenters. The number of phenols is 1. The maximum atomic E-state index is 14.6. The van der Waals surface area contributed by atoms with Crippen LogP contribution in [-0.4, -0.2) is 42.2 Å². The zero-order chi connectivity index (χ0) is 22.2. The highest BCUT2D eigenvalue weighted by molar-refractivity contribution is 5.68. The highest BCUT2D eigenvalue weighted by Crippen LogP contribution is 2.48. The van der Waals surface area contributed by atoms with Crippen LogP contribution in [0.25, 0.3) is 22.5 Å². The molecule has 0 radical (unpaired) electrons. The molecule has 1 N–H and O–H groups in total. The van der Waals surface area contributed by atoms with E-state index in [4.69, 9.17) is 0 Å². The normalized spacial score (nSPS) is 26.0. The molecule has 0 amide bonds. The van der Waals surface area contributed by atoms with Gasteiger partial charge in [-0.2, -0.15) is 0 Å². The molecular weight excluding hydrogens is 400 g/mol. The molecule has 1 aromatic carbocycles. The summed E-state index contributed by atoms with van der Waals surface area (Å²) < 4.78 is 30.8. The van der Waals surface area contributed by atoms with E-state index in [1.807, 2.05) is 19.9 Å². The molecule has 8 heteroatoms. The fraction of sp³-hybridized carbons (Fsp3) is 0.391. The van der Waals surface area contributed by atoms with Crippen molar-refractivity contribution in [1.82, 2.24) is 24.7 Å². The number of imidazole rings is 1. The largest absolute Gasteiger partial charge is 0.507 e. The zero-order valence-corrected chi connectivity index (χ0v) is 17.5. The first-order valence-electron chi connectivity index (χ1n) is 10.3. The second kappa shape index (κ2) is 8.17. The molecular formula is C23H25F2N5O. The van der Waals surface area contributed by atoms with E-state index in [9.17, 15) is 13.9 Å². The molecule has 4 rings (SSSR count). The van der Waals surface area contributed by atoms with Crippen LogP contribution in [0.15, 0.2) is 49.7 Å². The number of hydrogen-bond donors (Lipinski definition) is 1. The Morgan fingerprint density at radius 2 is 2.13 bits per heavy atom. The van der Waals surface area contributed by atoms with Gasteiger partial charge in [-0.15, -0.1) is 10.2 Å². The number of alkyl halides is 2. The number of aromatic nitrogens is 5. The van der Waals surface area contributed by atoms with Gasteiger partial charge in [-0.25, -0.2) is 18.7 Å². The average molecular weight is 425 g/mol. The Morgan fingerprint density at radius 1 is 1.32 bits per heavy atom. The Morgan fingerprint density at radius 3 is 2.74 bits per heavy atom. The Labute approximate surface area is 179 Å². The summed E-state index contributed by atoms with van der Waals surface area (Å²) in [7, 11) is 0. The molecule has 0 aliphatic heterocycles. The fourth-order valence-electron chi connectivity index (χ4n) is 4.13. The monoisotopic (exact) mass is 425 g/mol. The lowest BCUT2D eigenvalue weighted by atomic mass is 9.65. The summed E-state index contributed by atoms with van der Waals surface area (Å²) in [4.78, 5) is 8.30. The van der Waals surface area contributed by atoms with Crippen LogP contribution in [0.1, 0.15) is 38.9 Å². The SMILES string of the molecule is C=C(c1ncc(-c2ccc(-n3ccnc3)cc2O)nn1)[C@@H]1C[C@](C)(CC)[C@@H](F)C[C@H]1F. The number of halogens is 2. The number of aromatic hydroxyl groups is 1. The molecule has 0 bridgehead atoms. The van der Waals surface area contributed by atoms with E-state index >= 15 is 0 Å². The maximum absolute atomic E-state index is 14.6. The van der Waals surface area contributed by atoms with Crippen molar-refractivity contribution in [3.05, 3.63) is 55.5 Å². The number of allylic oxidation sites excluding steroid dienone is 1. The van der Waals surface area contributed by atoms with Crippen LogP contribution in [0.2, 0.25) is 0 Å². The minimum Gasteiger partial charge on any atom is -0.507 e. The maximum Gasteiger partial charge on any atom is 0.177 e. The lowest BCUT2D eigenvalue weighted by Crippen LogP contribution is -2.42. The summed E-state index contributed by atoms with van der Waals surface area (Å²) in [6.07, 6.45) is 4.86. The van der Waals surface area contributed by atoms with Gasteiger partial charge >= 0.3 is 0 Å². The lowest BCUT2D eigenvalue weighted by Gasteiger charge is -2.42. The van der Waals surface area contributed by atoms with E-state index in [0.717, 1.165) is 5.69 Å². The van der Waals surface area contributed by atoms with Crippen LogP contribution in [0.5, 0.6) is 5.75 Å². The van der Waals surface area contributed by atoms with E-state index < -0.39 is 23.7 Å². The molecule has 0 saturated heterocycles. The van der Waals surface area contributed by atoms with Crippen LogP contribution in [-0.2, 0) is 0 Å². The number of nitrogens with zero attached hydrogens (tertiary/aromatic N) is 5. The Balaban J connectivity index is 1.55. The van der Waals surface area contributed by atoms with Crippen molar-refractivity contribution >= 4 is 5.57 Å². The number of benzene rings is 1. The van der Waals surface area contributed by atoms with Crippen molar-refractivity contribution in [1.29, 1.82) is 0 Å². The van der Waals surface area contributed by atoms with Crippen molar-refractivity contribution < 1.29 is 13.9 Å². The second-order valence-corrected chi connectivity index (χ2v) is 8.40. The van der Waals surface area contributed by atoms with Crippen LogP contribution in [0.4, 0.5) is 8.78 Å². The van der Waals surface area contributed by atoms with Gasteiger partial charge in [0.15, 0.2) is 5.82 Å². The van der Waals surface area contributed by atoms with Gasteiger partial charge in [0.1, 0.15) is 23.8 Å². The van der Waals surface area contributed by atoms with Crippen LogP contribution in [0.3, 0.4) is 0 Å². The summed E-state index contributed by atoms with van der Waals surface area (Å²) in [5.41, 5.74) is 1.44. The molecule has 0 spiro atoms. The summed E-state index contributed by atoms with van der Waals surface area (Å²) in [5, 5.41) is 18.7. The average Bonchev–Trinajstić information content (AvgIpc) is 3.31. The Bertz CT molecular complexity index is 1070. The molecule has 2 aromatic heterocycles. The molecule has 1 aliphatic rings. The molecule has 3 aromatic rings. The van der Waals surface area contributed by atoms with Crippen molar-refractivity contribution in [3.63, 3.8) is 0 Å². The minimum absolute atomic E-state index is 0.0256. The quantitative estimate of drug-likeness (QED) is 0.626. The van der Waals surface area contributed by atoms with Gasteiger partial charge in [0, 0.05) is 36.4 Å². The van der Waals surface area contributed by atoms with Gasteiger partial charge in [-0.3, -0.25) is 0 Å².